The fourth-order valence-electron chi connectivity index (χ4n) is 0.392. The summed E-state index contributed by atoms with van der Waals surface area (Å²) in [6, 6.07) is 0. The molecule has 0 saturated carbocycles. The van der Waals surface area contributed by atoms with Crippen LogP contribution in [-0.4, -0.2) is 27.1 Å². The SMILES string of the molecule is COC(CNC#N)OC. The van der Waals surface area contributed by atoms with E-state index in [4.69, 9.17) is 14.7 Å². The zero-order chi connectivity index (χ0) is 7.11. The quantitative estimate of drug-likeness (QED) is 0.322. The summed E-state index contributed by atoms with van der Waals surface area (Å²) < 4.78 is 9.53. The third-order valence-corrected chi connectivity index (χ3v) is 0.874. The second kappa shape index (κ2) is 5.35. The van der Waals surface area contributed by atoms with Crippen LogP contribution in [0.25, 0.3) is 0 Å². The topological polar surface area (TPSA) is 54.3 Å². The van der Waals surface area contributed by atoms with Gasteiger partial charge in [-0.1, -0.05) is 0 Å². The highest BCUT2D eigenvalue weighted by molar-refractivity contribution is 4.65. The Labute approximate surface area is 54.4 Å². The number of nitrogens with zero attached hydrogens (tertiary/aromatic N) is 1. The van der Waals surface area contributed by atoms with Crippen LogP contribution in [-0.2, 0) is 9.47 Å². The monoisotopic (exact) mass is 130 g/mol. The lowest BCUT2D eigenvalue weighted by molar-refractivity contribution is -0.0969. The molecule has 0 atom stereocenters. The van der Waals surface area contributed by atoms with Crippen LogP contribution in [0.5, 0.6) is 0 Å². The van der Waals surface area contributed by atoms with Crippen molar-refractivity contribution in [3.05, 3.63) is 0 Å². The van der Waals surface area contributed by atoms with Gasteiger partial charge in [0.15, 0.2) is 12.5 Å². The second-order valence-electron chi connectivity index (χ2n) is 1.39. The predicted octanol–water partition coefficient (Wildman–Crippen LogP) is -0.324. The molecule has 52 valence electrons. The number of hydrogen-bond acceptors (Lipinski definition) is 4. The van der Waals surface area contributed by atoms with Crippen LogP contribution in [0.3, 0.4) is 0 Å². The normalized spacial score (nSPS) is 9.11. The van der Waals surface area contributed by atoms with Crippen LogP contribution in [0, 0.1) is 11.5 Å². The van der Waals surface area contributed by atoms with E-state index >= 15 is 0 Å². The molecule has 0 bridgehead atoms. The summed E-state index contributed by atoms with van der Waals surface area (Å²) in [6.45, 7) is 0.392. The molecule has 1 N–H and O–H groups in total. The van der Waals surface area contributed by atoms with Crippen molar-refractivity contribution in [2.24, 2.45) is 0 Å². The van der Waals surface area contributed by atoms with Crippen molar-refractivity contribution in [2.75, 3.05) is 20.8 Å². The Morgan fingerprint density at radius 2 is 2.11 bits per heavy atom. The van der Waals surface area contributed by atoms with Gasteiger partial charge in [-0.3, -0.25) is 0 Å². The molecule has 0 saturated heterocycles. The molecule has 0 aromatic heterocycles. The number of hydrogen-bond donors (Lipinski definition) is 1. The van der Waals surface area contributed by atoms with Crippen LogP contribution in [0.15, 0.2) is 0 Å². The van der Waals surface area contributed by atoms with Gasteiger partial charge in [-0.2, -0.15) is 5.26 Å². The third-order valence-electron chi connectivity index (χ3n) is 0.874. The minimum absolute atomic E-state index is 0.329. The van der Waals surface area contributed by atoms with E-state index in [2.05, 4.69) is 5.32 Å². The molecular formula is C5H10N2O2. The highest BCUT2D eigenvalue weighted by Gasteiger charge is 2.01. The lowest BCUT2D eigenvalue weighted by Gasteiger charge is -2.10. The largest absolute Gasteiger partial charge is 0.354 e. The fraction of sp³-hybridized carbons (Fsp3) is 0.800. The number of ether oxygens (including phenoxy) is 2. The zero-order valence-corrected chi connectivity index (χ0v) is 5.55. The van der Waals surface area contributed by atoms with Crippen molar-refractivity contribution in [3.63, 3.8) is 0 Å². The molecule has 0 aromatic carbocycles. The molecule has 9 heavy (non-hydrogen) atoms. The summed E-state index contributed by atoms with van der Waals surface area (Å²) in [6.07, 6.45) is 1.43. The van der Waals surface area contributed by atoms with E-state index in [9.17, 15) is 0 Å². The summed E-state index contributed by atoms with van der Waals surface area (Å²) in [7, 11) is 3.04. The van der Waals surface area contributed by atoms with Crippen LogP contribution < -0.4 is 5.32 Å². The van der Waals surface area contributed by atoms with Gasteiger partial charge >= 0.3 is 0 Å². The smallest absolute Gasteiger partial charge is 0.176 e. The summed E-state index contributed by atoms with van der Waals surface area (Å²) in [5, 5.41) is 10.4. The van der Waals surface area contributed by atoms with Crippen molar-refractivity contribution in [1.29, 1.82) is 5.26 Å². The lowest BCUT2D eigenvalue weighted by Crippen LogP contribution is -2.26. The Kier molecular flexibility index (Phi) is 4.88. The number of nitriles is 1. The minimum Gasteiger partial charge on any atom is -0.354 e. The van der Waals surface area contributed by atoms with Crippen LogP contribution in [0.1, 0.15) is 0 Å². The molecule has 0 fully saturated rings. The molecule has 0 aliphatic rings. The van der Waals surface area contributed by atoms with Crippen LogP contribution in [0.2, 0.25) is 0 Å². The first-order valence-electron chi connectivity index (χ1n) is 2.52. The molecule has 0 spiro atoms. The van der Waals surface area contributed by atoms with Crippen molar-refractivity contribution < 1.29 is 9.47 Å². The van der Waals surface area contributed by atoms with Crippen molar-refractivity contribution in [2.45, 2.75) is 6.29 Å². The van der Waals surface area contributed by atoms with E-state index in [-0.39, 0.29) is 6.29 Å². The van der Waals surface area contributed by atoms with Gasteiger partial charge in [-0.15, -0.1) is 0 Å². The molecule has 0 aliphatic carbocycles. The minimum atomic E-state index is -0.329. The maximum absolute atomic E-state index is 8.03. The molecule has 4 heteroatoms. The number of methoxy groups -OCH3 is 2. The van der Waals surface area contributed by atoms with Crippen molar-refractivity contribution in [3.8, 4) is 6.19 Å². The van der Waals surface area contributed by atoms with E-state index in [1.54, 1.807) is 6.19 Å². The second-order valence-corrected chi connectivity index (χ2v) is 1.39. The van der Waals surface area contributed by atoms with Gasteiger partial charge in [-0.05, 0) is 0 Å². The Hall–Kier alpha value is -0.790. The molecule has 0 unspecified atom stereocenters. The first-order chi connectivity index (χ1) is 4.35. The molecular weight excluding hydrogens is 120 g/mol. The highest BCUT2D eigenvalue weighted by Crippen LogP contribution is 1.85. The molecule has 0 amide bonds. The van der Waals surface area contributed by atoms with Gasteiger partial charge in [0, 0.05) is 14.2 Å². The zero-order valence-electron chi connectivity index (χ0n) is 5.55. The van der Waals surface area contributed by atoms with E-state index in [0.29, 0.717) is 6.54 Å². The number of rotatable bonds is 4. The Morgan fingerprint density at radius 1 is 1.56 bits per heavy atom. The highest BCUT2D eigenvalue weighted by atomic mass is 16.7. The number of nitrogens with one attached hydrogen (secondary N) is 1. The molecule has 0 rings (SSSR count). The predicted molar refractivity (Wildman–Crippen MR) is 31.4 cm³/mol. The van der Waals surface area contributed by atoms with E-state index in [1.165, 1.54) is 14.2 Å². The summed E-state index contributed by atoms with van der Waals surface area (Å²) >= 11 is 0. The fourth-order valence-corrected chi connectivity index (χ4v) is 0.392. The lowest BCUT2D eigenvalue weighted by atomic mass is 10.6. The molecule has 4 nitrogen and oxygen atoms in total. The van der Waals surface area contributed by atoms with Gasteiger partial charge < -0.3 is 14.8 Å². The van der Waals surface area contributed by atoms with Gasteiger partial charge in [0.05, 0.1) is 6.54 Å². The van der Waals surface area contributed by atoms with Crippen molar-refractivity contribution >= 4 is 0 Å². The van der Waals surface area contributed by atoms with Crippen LogP contribution >= 0.6 is 0 Å². The molecule has 0 aromatic rings. The molecule has 0 aliphatic heterocycles. The van der Waals surface area contributed by atoms with E-state index in [1.807, 2.05) is 0 Å². The van der Waals surface area contributed by atoms with E-state index < -0.39 is 0 Å². The van der Waals surface area contributed by atoms with Crippen LogP contribution in [0.4, 0.5) is 0 Å². The van der Waals surface area contributed by atoms with Gasteiger partial charge in [0.25, 0.3) is 0 Å². The van der Waals surface area contributed by atoms with Crippen molar-refractivity contribution in [1.82, 2.24) is 5.32 Å². The summed E-state index contributed by atoms with van der Waals surface area (Å²) in [4.78, 5) is 0. The van der Waals surface area contributed by atoms with Gasteiger partial charge in [0.2, 0.25) is 0 Å². The first kappa shape index (κ1) is 8.21. The molecule has 0 heterocycles. The third kappa shape index (κ3) is 3.76. The standard InChI is InChI=1S/C5H10N2O2/c1-8-5(9-2)3-7-4-6/h5,7H,3H2,1-2H3. The summed E-state index contributed by atoms with van der Waals surface area (Å²) in [5.74, 6) is 0. The maximum Gasteiger partial charge on any atom is 0.176 e. The van der Waals surface area contributed by atoms with Gasteiger partial charge in [-0.25, -0.2) is 0 Å². The Morgan fingerprint density at radius 3 is 2.44 bits per heavy atom. The molecule has 0 radical (unpaired) electrons. The summed E-state index contributed by atoms with van der Waals surface area (Å²) in [5.41, 5.74) is 0. The first-order valence-corrected chi connectivity index (χ1v) is 2.52. The Balaban J connectivity index is 3.22. The Bertz CT molecular complexity index is 95.6. The van der Waals surface area contributed by atoms with E-state index in [0.717, 1.165) is 0 Å². The maximum atomic E-state index is 8.03. The average Bonchev–Trinajstić information content (AvgIpc) is 1.91. The average molecular weight is 130 g/mol. The van der Waals surface area contributed by atoms with Gasteiger partial charge in [0.1, 0.15) is 0 Å².